The second kappa shape index (κ2) is 15.3. The zero-order chi connectivity index (χ0) is 24.7. The lowest BCUT2D eigenvalue weighted by Crippen LogP contribution is -2.08. The quantitative estimate of drug-likeness (QED) is 0.134. The molecule has 0 aliphatic carbocycles. The molecule has 0 atom stereocenters. The number of carbonyl (C=O) groups is 1. The molecule has 34 heavy (non-hydrogen) atoms. The number of halogens is 1. The first kappa shape index (κ1) is 27.6. The fourth-order valence-corrected chi connectivity index (χ4v) is 3.55. The predicted octanol–water partition coefficient (Wildman–Crippen LogP) is 5.29. The SMILES string of the molecule is O=C(OCCCCCCCCCCCCOS(=O)(=O)O)c1ccccc1Oc1nccc(F)n1. The van der Waals surface area contributed by atoms with E-state index in [0.29, 0.717) is 13.0 Å². The molecule has 1 aromatic carbocycles. The zero-order valence-corrected chi connectivity index (χ0v) is 19.8. The second-order valence-electron chi connectivity index (χ2n) is 7.68. The Labute approximate surface area is 199 Å². The Morgan fingerprint density at radius 3 is 2.09 bits per heavy atom. The lowest BCUT2D eigenvalue weighted by molar-refractivity contribution is 0.0494. The van der Waals surface area contributed by atoms with Crippen molar-refractivity contribution in [1.29, 1.82) is 0 Å². The van der Waals surface area contributed by atoms with Crippen molar-refractivity contribution in [3.63, 3.8) is 0 Å². The number of hydrogen-bond donors (Lipinski definition) is 1. The molecule has 1 aromatic heterocycles. The molecular formula is C23H31FN2O7S. The molecule has 0 aliphatic heterocycles. The summed E-state index contributed by atoms with van der Waals surface area (Å²) >= 11 is 0. The highest BCUT2D eigenvalue weighted by Crippen LogP contribution is 2.23. The van der Waals surface area contributed by atoms with E-state index in [1.54, 1.807) is 24.3 Å². The van der Waals surface area contributed by atoms with E-state index in [1.807, 2.05) is 0 Å². The molecule has 0 fully saturated rings. The number of esters is 1. The molecule has 0 radical (unpaired) electrons. The number of unbranched alkanes of at least 4 members (excludes halogenated alkanes) is 9. The fourth-order valence-electron chi connectivity index (χ4n) is 3.22. The molecule has 0 bridgehead atoms. The Morgan fingerprint density at radius 2 is 1.47 bits per heavy atom. The molecule has 0 amide bonds. The average molecular weight is 499 g/mol. The third kappa shape index (κ3) is 12.0. The van der Waals surface area contributed by atoms with E-state index in [9.17, 15) is 17.6 Å². The van der Waals surface area contributed by atoms with Crippen LogP contribution in [0.15, 0.2) is 36.5 Å². The molecule has 0 aliphatic rings. The summed E-state index contributed by atoms with van der Waals surface area (Å²) in [4.78, 5) is 19.8. The minimum atomic E-state index is -4.32. The van der Waals surface area contributed by atoms with Gasteiger partial charge in [-0.05, 0) is 25.0 Å². The highest BCUT2D eigenvalue weighted by atomic mass is 32.3. The zero-order valence-electron chi connectivity index (χ0n) is 19.0. The summed E-state index contributed by atoms with van der Waals surface area (Å²) in [6.45, 7) is 0.318. The van der Waals surface area contributed by atoms with E-state index in [1.165, 1.54) is 6.20 Å². The van der Waals surface area contributed by atoms with Crippen LogP contribution < -0.4 is 4.74 Å². The molecule has 188 valence electrons. The maximum atomic E-state index is 13.2. The normalized spacial score (nSPS) is 11.4. The monoisotopic (exact) mass is 498 g/mol. The van der Waals surface area contributed by atoms with Crippen molar-refractivity contribution in [3.05, 3.63) is 48.0 Å². The highest BCUT2D eigenvalue weighted by Gasteiger charge is 2.15. The van der Waals surface area contributed by atoms with Crippen molar-refractivity contribution < 1.29 is 35.8 Å². The van der Waals surface area contributed by atoms with E-state index in [-0.39, 0.29) is 23.9 Å². The third-order valence-corrected chi connectivity index (χ3v) is 5.38. The molecule has 0 saturated heterocycles. The van der Waals surface area contributed by atoms with E-state index in [0.717, 1.165) is 63.9 Å². The van der Waals surface area contributed by atoms with Crippen LogP contribution in [0.2, 0.25) is 0 Å². The summed E-state index contributed by atoms with van der Waals surface area (Å²) in [5.74, 6) is -1.05. The van der Waals surface area contributed by atoms with Gasteiger partial charge in [-0.1, -0.05) is 63.5 Å². The topological polar surface area (TPSA) is 125 Å². The second-order valence-corrected chi connectivity index (χ2v) is 8.77. The van der Waals surface area contributed by atoms with Gasteiger partial charge < -0.3 is 9.47 Å². The maximum absolute atomic E-state index is 13.2. The van der Waals surface area contributed by atoms with Crippen molar-refractivity contribution in [1.82, 2.24) is 9.97 Å². The number of hydrogen-bond acceptors (Lipinski definition) is 8. The van der Waals surface area contributed by atoms with Crippen LogP contribution in [0.25, 0.3) is 0 Å². The van der Waals surface area contributed by atoms with Gasteiger partial charge in [0, 0.05) is 12.3 Å². The summed E-state index contributed by atoms with van der Waals surface area (Å²) in [6.07, 6.45) is 10.9. The summed E-state index contributed by atoms with van der Waals surface area (Å²) in [7, 11) is -4.32. The van der Waals surface area contributed by atoms with Crippen molar-refractivity contribution >= 4 is 16.4 Å². The van der Waals surface area contributed by atoms with Crippen LogP contribution in [-0.4, -0.2) is 42.1 Å². The lowest BCUT2D eigenvalue weighted by Gasteiger charge is -2.10. The van der Waals surface area contributed by atoms with Gasteiger partial charge in [-0.25, -0.2) is 14.0 Å². The third-order valence-electron chi connectivity index (χ3n) is 4.91. The van der Waals surface area contributed by atoms with Gasteiger partial charge in [-0.2, -0.15) is 17.8 Å². The van der Waals surface area contributed by atoms with Crippen molar-refractivity contribution in [2.75, 3.05) is 13.2 Å². The smallest absolute Gasteiger partial charge is 0.397 e. The maximum Gasteiger partial charge on any atom is 0.397 e. The fraction of sp³-hybridized carbons (Fsp3) is 0.522. The number of ether oxygens (including phenoxy) is 2. The first-order chi connectivity index (χ1) is 16.3. The van der Waals surface area contributed by atoms with Crippen molar-refractivity contribution in [2.45, 2.75) is 64.2 Å². The Kier molecular flexibility index (Phi) is 12.4. The Bertz CT molecular complexity index is 989. The molecule has 2 aromatic rings. The van der Waals surface area contributed by atoms with Gasteiger partial charge >= 0.3 is 22.4 Å². The van der Waals surface area contributed by atoms with E-state index >= 15 is 0 Å². The Morgan fingerprint density at radius 1 is 0.882 bits per heavy atom. The van der Waals surface area contributed by atoms with Gasteiger partial charge in [0.05, 0.1) is 13.2 Å². The molecule has 2 rings (SSSR count). The standard InChI is InChI=1S/C23H31FN2O7S/c24-21-15-16-25-23(26-21)33-20-14-10-9-13-19(20)22(27)31-17-11-7-5-3-1-2-4-6-8-12-18-32-34(28,29)30/h9-10,13-16H,1-8,11-12,17-18H2,(H,28,29,30). The van der Waals surface area contributed by atoms with Crippen LogP contribution in [0.3, 0.4) is 0 Å². The van der Waals surface area contributed by atoms with Crippen molar-refractivity contribution in [2.24, 2.45) is 0 Å². The number of nitrogens with zero attached hydrogens (tertiary/aromatic N) is 2. The predicted molar refractivity (Wildman–Crippen MR) is 122 cm³/mol. The summed E-state index contributed by atoms with van der Waals surface area (Å²) in [5, 5.41) is 0. The van der Waals surface area contributed by atoms with E-state index in [2.05, 4.69) is 14.2 Å². The average Bonchev–Trinajstić information content (AvgIpc) is 2.79. The summed E-state index contributed by atoms with van der Waals surface area (Å²) in [6, 6.07) is 7.42. The van der Waals surface area contributed by atoms with Crippen LogP contribution in [0.4, 0.5) is 4.39 Å². The highest BCUT2D eigenvalue weighted by molar-refractivity contribution is 7.80. The van der Waals surface area contributed by atoms with Crippen LogP contribution in [0.5, 0.6) is 11.8 Å². The van der Waals surface area contributed by atoms with Gasteiger partial charge in [0.1, 0.15) is 11.3 Å². The first-order valence-electron chi connectivity index (χ1n) is 11.4. The van der Waals surface area contributed by atoms with Gasteiger partial charge in [0.25, 0.3) is 0 Å². The van der Waals surface area contributed by atoms with Gasteiger partial charge in [0.15, 0.2) is 0 Å². The van der Waals surface area contributed by atoms with Gasteiger partial charge in [0.2, 0.25) is 5.95 Å². The van der Waals surface area contributed by atoms with E-state index in [4.69, 9.17) is 14.0 Å². The summed E-state index contributed by atoms with van der Waals surface area (Å²) < 4.78 is 57.5. The number of para-hydroxylation sites is 1. The number of benzene rings is 1. The molecule has 0 unspecified atom stereocenters. The van der Waals surface area contributed by atoms with E-state index < -0.39 is 22.3 Å². The van der Waals surface area contributed by atoms with Crippen LogP contribution in [-0.2, 0) is 19.3 Å². The molecule has 0 spiro atoms. The molecule has 11 heteroatoms. The Hall–Kier alpha value is -2.63. The van der Waals surface area contributed by atoms with Crippen LogP contribution in [0.1, 0.15) is 74.6 Å². The summed E-state index contributed by atoms with van der Waals surface area (Å²) in [5.41, 5.74) is 0.222. The largest absolute Gasteiger partial charge is 0.462 e. The molecule has 1 N–H and O–H groups in total. The lowest BCUT2D eigenvalue weighted by atomic mass is 10.1. The molecule has 1 heterocycles. The van der Waals surface area contributed by atoms with Gasteiger partial charge in [-0.3, -0.25) is 4.55 Å². The van der Waals surface area contributed by atoms with Crippen molar-refractivity contribution in [3.8, 4) is 11.8 Å². The number of aromatic nitrogens is 2. The minimum Gasteiger partial charge on any atom is -0.462 e. The number of carbonyl (C=O) groups excluding carboxylic acids is 1. The molecular weight excluding hydrogens is 467 g/mol. The first-order valence-corrected chi connectivity index (χ1v) is 12.8. The molecule has 9 nitrogen and oxygen atoms in total. The Balaban J connectivity index is 1.52. The van der Waals surface area contributed by atoms with Crippen LogP contribution in [0, 0.1) is 5.95 Å². The number of rotatable bonds is 17. The minimum absolute atomic E-state index is 0.0173. The van der Waals surface area contributed by atoms with Crippen LogP contribution >= 0.6 is 0 Å². The van der Waals surface area contributed by atoms with Gasteiger partial charge in [-0.15, -0.1) is 0 Å². The molecule has 0 saturated carbocycles.